The van der Waals surface area contributed by atoms with E-state index in [1.165, 1.54) is 30.5 Å². The lowest BCUT2D eigenvalue weighted by Crippen LogP contribution is -2.03. The number of halogens is 1. The normalized spacial score (nSPS) is 10.1. The molecule has 1 aromatic carbocycles. The molecule has 0 saturated carbocycles. The number of rotatable bonds is 4. The summed E-state index contributed by atoms with van der Waals surface area (Å²) >= 11 is 1.94. The maximum atomic E-state index is 11.0. The monoisotopic (exact) mass is 386 g/mol. The van der Waals surface area contributed by atoms with E-state index in [0.717, 1.165) is 0 Å². The number of aromatic nitrogens is 1. The number of nitro benzene ring substituents is 1. The van der Waals surface area contributed by atoms with Crippen LogP contribution in [-0.4, -0.2) is 21.0 Å². The maximum Gasteiger partial charge on any atom is 0.358 e. The highest BCUT2D eigenvalue weighted by Crippen LogP contribution is 2.33. The molecule has 0 amide bonds. The molecular formula is C12H7IN2O5. The molecule has 0 atom stereocenters. The Hall–Kier alpha value is -2.23. The molecule has 20 heavy (non-hydrogen) atoms. The number of pyridine rings is 1. The second kappa shape index (κ2) is 5.82. The maximum absolute atomic E-state index is 11.0. The number of hydrogen-bond donors (Lipinski definition) is 1. The molecule has 0 aliphatic heterocycles. The van der Waals surface area contributed by atoms with Gasteiger partial charge in [0.15, 0.2) is 11.4 Å². The Balaban J connectivity index is 2.45. The van der Waals surface area contributed by atoms with E-state index >= 15 is 0 Å². The average Bonchev–Trinajstić information content (AvgIpc) is 2.41. The summed E-state index contributed by atoms with van der Waals surface area (Å²) in [6, 6.07) is 7.25. The summed E-state index contributed by atoms with van der Waals surface area (Å²) in [6.07, 6.45) is 1.30. The van der Waals surface area contributed by atoms with E-state index in [-0.39, 0.29) is 22.9 Å². The van der Waals surface area contributed by atoms with Crippen molar-refractivity contribution >= 4 is 34.2 Å². The fraction of sp³-hybridized carbons (Fsp3) is 0. The summed E-state index contributed by atoms with van der Waals surface area (Å²) in [6.45, 7) is 0. The van der Waals surface area contributed by atoms with Crippen LogP contribution in [0.2, 0.25) is 0 Å². The zero-order chi connectivity index (χ0) is 14.7. The Morgan fingerprint density at radius 3 is 2.75 bits per heavy atom. The molecule has 7 nitrogen and oxygen atoms in total. The number of carboxylic acids is 1. The molecular weight excluding hydrogens is 379 g/mol. The minimum atomic E-state index is -1.27. The van der Waals surface area contributed by atoms with E-state index in [1.807, 2.05) is 22.6 Å². The van der Waals surface area contributed by atoms with Gasteiger partial charge in [0.1, 0.15) is 0 Å². The first-order chi connectivity index (χ1) is 9.49. The van der Waals surface area contributed by atoms with Crippen molar-refractivity contribution in [1.29, 1.82) is 0 Å². The Bertz CT molecular complexity index is 689. The van der Waals surface area contributed by atoms with Crippen molar-refractivity contribution in [2.75, 3.05) is 0 Å². The molecule has 0 spiro atoms. The SMILES string of the molecule is O=C(O)c1ncccc1Oc1ccc(I)cc1[N+](=O)[O-]. The molecule has 2 rings (SSSR count). The van der Waals surface area contributed by atoms with Crippen molar-refractivity contribution in [2.24, 2.45) is 0 Å². The van der Waals surface area contributed by atoms with Crippen LogP contribution < -0.4 is 4.74 Å². The van der Waals surface area contributed by atoms with Crippen molar-refractivity contribution in [2.45, 2.75) is 0 Å². The first-order valence-electron chi connectivity index (χ1n) is 5.29. The van der Waals surface area contributed by atoms with Crippen LogP contribution in [0.3, 0.4) is 0 Å². The first kappa shape index (κ1) is 14.2. The van der Waals surface area contributed by atoms with Crippen LogP contribution in [0.15, 0.2) is 36.5 Å². The Morgan fingerprint density at radius 1 is 1.35 bits per heavy atom. The molecule has 1 aromatic heterocycles. The van der Waals surface area contributed by atoms with Gasteiger partial charge in [-0.25, -0.2) is 9.78 Å². The van der Waals surface area contributed by atoms with E-state index < -0.39 is 10.9 Å². The standard InChI is InChI=1S/C12H7IN2O5/c13-7-3-4-9(8(6-7)15(18)19)20-10-2-1-5-14-11(10)12(16)17/h1-6H,(H,16,17). The number of nitro groups is 1. The van der Waals surface area contributed by atoms with Crippen molar-refractivity contribution in [3.8, 4) is 11.5 Å². The lowest BCUT2D eigenvalue weighted by Gasteiger charge is -2.08. The fourth-order valence-electron chi connectivity index (χ4n) is 1.47. The summed E-state index contributed by atoms with van der Waals surface area (Å²) in [5, 5.41) is 20.0. The van der Waals surface area contributed by atoms with Gasteiger partial charge in [-0.1, -0.05) is 0 Å². The average molecular weight is 386 g/mol. The van der Waals surface area contributed by atoms with E-state index in [2.05, 4.69) is 4.98 Å². The zero-order valence-electron chi connectivity index (χ0n) is 9.82. The number of ether oxygens (including phenoxy) is 1. The molecule has 0 bridgehead atoms. The summed E-state index contributed by atoms with van der Waals surface area (Å²) in [7, 11) is 0. The third-order valence-corrected chi connectivity index (χ3v) is 2.98. The third-order valence-electron chi connectivity index (χ3n) is 2.31. The van der Waals surface area contributed by atoms with E-state index in [9.17, 15) is 14.9 Å². The molecule has 8 heteroatoms. The van der Waals surface area contributed by atoms with Gasteiger partial charge in [-0.2, -0.15) is 0 Å². The van der Waals surface area contributed by atoms with Gasteiger partial charge in [-0.15, -0.1) is 0 Å². The van der Waals surface area contributed by atoms with E-state index in [0.29, 0.717) is 3.57 Å². The van der Waals surface area contributed by atoms with Crippen LogP contribution in [0, 0.1) is 13.7 Å². The topological polar surface area (TPSA) is 103 Å². The highest BCUT2D eigenvalue weighted by Gasteiger charge is 2.19. The lowest BCUT2D eigenvalue weighted by atomic mass is 10.3. The number of carbonyl (C=O) groups is 1. The van der Waals surface area contributed by atoms with Gasteiger partial charge in [0.05, 0.1) is 4.92 Å². The van der Waals surface area contributed by atoms with Crippen molar-refractivity contribution in [1.82, 2.24) is 4.98 Å². The molecule has 0 fully saturated rings. The summed E-state index contributed by atoms with van der Waals surface area (Å²) in [5.41, 5.74) is -0.544. The first-order valence-corrected chi connectivity index (χ1v) is 6.37. The number of nitrogens with zero attached hydrogens (tertiary/aromatic N) is 2. The van der Waals surface area contributed by atoms with E-state index in [1.54, 1.807) is 6.07 Å². The summed E-state index contributed by atoms with van der Waals surface area (Å²) in [4.78, 5) is 25.1. The molecule has 102 valence electrons. The highest BCUT2D eigenvalue weighted by atomic mass is 127. The predicted molar refractivity (Wildman–Crippen MR) is 77.1 cm³/mol. The van der Waals surface area contributed by atoms with Gasteiger partial charge < -0.3 is 9.84 Å². The van der Waals surface area contributed by atoms with Crippen LogP contribution in [0.25, 0.3) is 0 Å². The van der Waals surface area contributed by atoms with Crippen molar-refractivity contribution < 1.29 is 19.6 Å². The lowest BCUT2D eigenvalue weighted by molar-refractivity contribution is -0.385. The van der Waals surface area contributed by atoms with Gasteiger partial charge in [0.25, 0.3) is 0 Å². The molecule has 0 aliphatic rings. The van der Waals surface area contributed by atoms with Crippen LogP contribution in [0.4, 0.5) is 5.69 Å². The number of benzene rings is 1. The second-order valence-corrected chi connectivity index (χ2v) is 4.87. The number of carboxylic acid groups (broad SMARTS) is 1. The smallest absolute Gasteiger partial charge is 0.358 e. The third kappa shape index (κ3) is 3.02. The van der Waals surface area contributed by atoms with Crippen LogP contribution in [-0.2, 0) is 0 Å². The highest BCUT2D eigenvalue weighted by molar-refractivity contribution is 14.1. The second-order valence-electron chi connectivity index (χ2n) is 3.63. The molecule has 0 aliphatic carbocycles. The molecule has 0 unspecified atom stereocenters. The molecule has 0 radical (unpaired) electrons. The van der Waals surface area contributed by atoms with Gasteiger partial charge in [0, 0.05) is 15.8 Å². The predicted octanol–water partition coefficient (Wildman–Crippen LogP) is 3.08. The van der Waals surface area contributed by atoms with Gasteiger partial charge in [-0.05, 0) is 46.9 Å². The minimum Gasteiger partial charge on any atom is -0.476 e. The van der Waals surface area contributed by atoms with Gasteiger partial charge in [-0.3, -0.25) is 10.1 Å². The van der Waals surface area contributed by atoms with E-state index in [4.69, 9.17) is 9.84 Å². The Labute approximate surface area is 126 Å². The Kier molecular flexibility index (Phi) is 4.13. The largest absolute Gasteiger partial charge is 0.476 e. The summed E-state index contributed by atoms with van der Waals surface area (Å²) in [5.74, 6) is -1.36. The number of aromatic carboxylic acids is 1. The Morgan fingerprint density at radius 2 is 2.10 bits per heavy atom. The number of hydrogen-bond acceptors (Lipinski definition) is 5. The van der Waals surface area contributed by atoms with Crippen molar-refractivity contribution in [3.63, 3.8) is 0 Å². The zero-order valence-corrected chi connectivity index (χ0v) is 12.0. The van der Waals surface area contributed by atoms with Crippen LogP contribution in [0.5, 0.6) is 11.5 Å². The van der Waals surface area contributed by atoms with Crippen LogP contribution >= 0.6 is 22.6 Å². The quantitative estimate of drug-likeness (QED) is 0.492. The van der Waals surface area contributed by atoms with Crippen molar-refractivity contribution in [3.05, 3.63) is 55.9 Å². The molecule has 1 N–H and O–H groups in total. The van der Waals surface area contributed by atoms with Gasteiger partial charge >= 0.3 is 11.7 Å². The van der Waals surface area contributed by atoms with Gasteiger partial charge in [0.2, 0.25) is 5.75 Å². The molecule has 1 heterocycles. The minimum absolute atomic E-state index is 0.0362. The fourth-order valence-corrected chi connectivity index (χ4v) is 1.95. The van der Waals surface area contributed by atoms with Crippen LogP contribution in [0.1, 0.15) is 10.5 Å². The molecule has 2 aromatic rings. The molecule has 0 saturated heterocycles. The summed E-state index contributed by atoms with van der Waals surface area (Å²) < 4.78 is 6.00.